The van der Waals surface area contributed by atoms with Crippen molar-refractivity contribution in [3.8, 4) is 0 Å². The van der Waals surface area contributed by atoms with Gasteiger partial charge < -0.3 is 14.7 Å². The fourth-order valence-electron chi connectivity index (χ4n) is 5.02. The maximum Gasteiger partial charge on any atom is 0.303 e. The zero-order chi connectivity index (χ0) is 25.5. The van der Waals surface area contributed by atoms with Crippen molar-refractivity contribution in [2.24, 2.45) is 4.99 Å². The second-order valence-corrected chi connectivity index (χ2v) is 9.50. The summed E-state index contributed by atoms with van der Waals surface area (Å²) in [4.78, 5) is 41.0. The highest BCUT2D eigenvalue weighted by atomic mass is 16.5. The molecule has 1 heterocycles. The summed E-state index contributed by atoms with van der Waals surface area (Å²) >= 11 is 0. The average molecular weight is 493 g/mol. The molecule has 2 aromatic rings. The SMILES string of the molecule is O=C(O)CCCCCN=C1CC(c2ccccc2)CC(=O)/C1=C(/O)CCc1noc2c1C(=O)CCC2. The van der Waals surface area contributed by atoms with Crippen LogP contribution in [-0.4, -0.2) is 45.2 Å². The number of ketones is 2. The number of carbonyl (C=O) groups excluding carboxylic acids is 2. The number of aliphatic imine (C=N–C) groups is 1. The lowest BCUT2D eigenvalue weighted by atomic mass is 9.78. The molecule has 2 aliphatic rings. The van der Waals surface area contributed by atoms with Crippen LogP contribution < -0.4 is 0 Å². The van der Waals surface area contributed by atoms with Gasteiger partial charge in [-0.1, -0.05) is 41.9 Å². The van der Waals surface area contributed by atoms with Crippen molar-refractivity contribution < 1.29 is 29.1 Å². The predicted molar refractivity (Wildman–Crippen MR) is 134 cm³/mol. The van der Waals surface area contributed by atoms with E-state index in [0.717, 1.165) is 18.4 Å². The molecule has 4 rings (SSSR count). The normalized spacial score (nSPS) is 20.4. The van der Waals surface area contributed by atoms with Crippen LogP contribution >= 0.6 is 0 Å². The van der Waals surface area contributed by atoms with E-state index >= 15 is 0 Å². The Labute approximate surface area is 210 Å². The molecule has 8 nitrogen and oxygen atoms in total. The Morgan fingerprint density at radius 2 is 1.81 bits per heavy atom. The Bertz CT molecular complexity index is 1180. The van der Waals surface area contributed by atoms with E-state index in [2.05, 4.69) is 5.16 Å². The molecule has 0 aliphatic heterocycles. The number of carboxylic acid groups (broad SMARTS) is 1. The first kappa shape index (κ1) is 25.5. The largest absolute Gasteiger partial charge is 0.511 e. The maximum absolute atomic E-state index is 13.2. The van der Waals surface area contributed by atoms with Crippen molar-refractivity contribution in [1.29, 1.82) is 0 Å². The third kappa shape index (κ3) is 6.17. The van der Waals surface area contributed by atoms with Crippen LogP contribution in [0, 0.1) is 0 Å². The number of hydrogen-bond acceptors (Lipinski definition) is 7. The van der Waals surface area contributed by atoms with Gasteiger partial charge in [0.2, 0.25) is 0 Å². The van der Waals surface area contributed by atoms with Crippen LogP contribution in [0.1, 0.15) is 91.1 Å². The number of aliphatic carboxylic acids is 1. The van der Waals surface area contributed by atoms with E-state index in [1.807, 2.05) is 30.3 Å². The van der Waals surface area contributed by atoms with Gasteiger partial charge in [0.15, 0.2) is 11.6 Å². The Kier molecular flexibility index (Phi) is 8.46. The Balaban J connectivity index is 1.51. The van der Waals surface area contributed by atoms with Crippen molar-refractivity contribution in [2.75, 3.05) is 6.54 Å². The van der Waals surface area contributed by atoms with Crippen molar-refractivity contribution in [3.05, 3.63) is 64.2 Å². The minimum Gasteiger partial charge on any atom is -0.511 e. The minimum absolute atomic E-state index is 0.0128. The molecule has 2 N–H and O–H groups in total. The van der Waals surface area contributed by atoms with E-state index < -0.39 is 5.97 Å². The van der Waals surface area contributed by atoms with Gasteiger partial charge in [-0.3, -0.25) is 19.4 Å². The molecule has 0 saturated heterocycles. The number of aryl methyl sites for hydroxylation is 2. The van der Waals surface area contributed by atoms with Gasteiger partial charge in [-0.2, -0.15) is 0 Å². The molecule has 1 atom stereocenters. The summed E-state index contributed by atoms with van der Waals surface area (Å²) in [5.41, 5.74) is 2.99. The van der Waals surface area contributed by atoms with Crippen LogP contribution in [0.15, 0.2) is 51.2 Å². The average Bonchev–Trinajstić information content (AvgIpc) is 3.29. The van der Waals surface area contributed by atoms with Crippen LogP contribution in [0.4, 0.5) is 0 Å². The Morgan fingerprint density at radius 1 is 1.00 bits per heavy atom. The molecule has 36 heavy (non-hydrogen) atoms. The van der Waals surface area contributed by atoms with E-state index in [-0.39, 0.29) is 41.7 Å². The summed E-state index contributed by atoms with van der Waals surface area (Å²) in [6.07, 6.45) is 5.37. The molecular weight excluding hydrogens is 460 g/mol. The highest BCUT2D eigenvalue weighted by molar-refractivity contribution is 6.24. The number of aliphatic hydroxyl groups is 1. The number of Topliss-reactive ketones (excluding diaryl/α,β-unsaturated/α-hetero) is 2. The number of nitrogens with zero attached hydrogens (tertiary/aromatic N) is 2. The predicted octanol–water partition coefficient (Wildman–Crippen LogP) is 5.17. The molecule has 190 valence electrons. The van der Waals surface area contributed by atoms with Crippen LogP contribution in [0.25, 0.3) is 0 Å². The van der Waals surface area contributed by atoms with E-state index in [0.29, 0.717) is 74.2 Å². The summed E-state index contributed by atoms with van der Waals surface area (Å²) in [6, 6.07) is 9.83. The first-order chi connectivity index (χ1) is 17.4. The van der Waals surface area contributed by atoms with Gasteiger partial charge in [-0.05, 0) is 37.2 Å². The summed E-state index contributed by atoms with van der Waals surface area (Å²) in [7, 11) is 0. The van der Waals surface area contributed by atoms with Gasteiger partial charge in [0.05, 0.1) is 16.8 Å². The van der Waals surface area contributed by atoms with Gasteiger partial charge >= 0.3 is 5.97 Å². The molecule has 0 radical (unpaired) electrons. The fraction of sp³-hybridized carbons (Fsp3) is 0.464. The second-order valence-electron chi connectivity index (χ2n) is 9.50. The number of aromatic nitrogens is 1. The Morgan fingerprint density at radius 3 is 2.58 bits per heavy atom. The quantitative estimate of drug-likeness (QED) is 0.266. The van der Waals surface area contributed by atoms with Crippen molar-refractivity contribution in [2.45, 2.75) is 76.5 Å². The van der Waals surface area contributed by atoms with Crippen LogP contribution in [-0.2, 0) is 22.4 Å². The lowest BCUT2D eigenvalue weighted by Crippen LogP contribution is -2.27. The van der Waals surface area contributed by atoms with Gasteiger partial charge in [-0.15, -0.1) is 0 Å². The number of rotatable bonds is 10. The molecule has 1 aromatic carbocycles. The number of allylic oxidation sites excluding steroid dienone is 2. The van der Waals surface area contributed by atoms with E-state index in [9.17, 15) is 19.5 Å². The lowest BCUT2D eigenvalue weighted by molar-refractivity contribution is -0.137. The number of carbonyl (C=O) groups is 3. The number of hydrogen-bond donors (Lipinski definition) is 2. The molecule has 1 fully saturated rings. The summed E-state index contributed by atoms with van der Waals surface area (Å²) in [5, 5.41) is 23.9. The van der Waals surface area contributed by atoms with Gasteiger partial charge in [0, 0.05) is 50.8 Å². The summed E-state index contributed by atoms with van der Waals surface area (Å²) < 4.78 is 5.34. The van der Waals surface area contributed by atoms with Crippen LogP contribution in [0.2, 0.25) is 0 Å². The Hall–Kier alpha value is -3.55. The lowest BCUT2D eigenvalue weighted by Gasteiger charge is -2.26. The molecule has 0 bridgehead atoms. The third-order valence-electron chi connectivity index (χ3n) is 6.87. The highest BCUT2D eigenvalue weighted by Crippen LogP contribution is 2.34. The summed E-state index contributed by atoms with van der Waals surface area (Å²) in [6.45, 7) is 0.464. The molecule has 1 unspecified atom stereocenters. The second kappa shape index (κ2) is 11.9. The van der Waals surface area contributed by atoms with Gasteiger partial charge in [0.1, 0.15) is 11.5 Å². The first-order valence-corrected chi connectivity index (χ1v) is 12.7. The molecular formula is C28H32N2O6. The third-order valence-corrected chi connectivity index (χ3v) is 6.87. The van der Waals surface area contributed by atoms with E-state index in [1.165, 1.54) is 0 Å². The van der Waals surface area contributed by atoms with Crippen molar-refractivity contribution >= 4 is 23.2 Å². The zero-order valence-corrected chi connectivity index (χ0v) is 20.4. The van der Waals surface area contributed by atoms with Crippen molar-refractivity contribution in [1.82, 2.24) is 5.16 Å². The maximum atomic E-state index is 13.2. The smallest absolute Gasteiger partial charge is 0.303 e. The van der Waals surface area contributed by atoms with Crippen LogP contribution in [0.5, 0.6) is 0 Å². The number of carboxylic acids is 1. The van der Waals surface area contributed by atoms with E-state index in [1.54, 1.807) is 0 Å². The molecule has 1 aromatic heterocycles. The highest BCUT2D eigenvalue weighted by Gasteiger charge is 2.33. The monoisotopic (exact) mass is 492 g/mol. The number of unbranched alkanes of at least 4 members (excludes halogenated alkanes) is 2. The molecule has 0 amide bonds. The zero-order valence-electron chi connectivity index (χ0n) is 20.4. The topological polar surface area (TPSA) is 130 Å². The standard InChI is InChI=1S/C28H32N2O6/c31-22-10-7-11-25-28(22)20(30-36-25)13-14-23(32)27-21(29-15-6-2-5-12-26(34)35)16-19(17-24(27)33)18-8-3-1-4-9-18/h1,3-4,8-9,19,32H,2,5-7,10-17H2,(H,34,35)/b27-23+,29-21?. The molecule has 1 saturated carbocycles. The van der Waals surface area contributed by atoms with Gasteiger partial charge in [0.25, 0.3) is 0 Å². The number of fused-ring (bicyclic) bond motifs is 1. The van der Waals surface area contributed by atoms with Gasteiger partial charge in [-0.25, -0.2) is 0 Å². The van der Waals surface area contributed by atoms with Crippen LogP contribution in [0.3, 0.4) is 0 Å². The fourth-order valence-corrected chi connectivity index (χ4v) is 5.02. The molecule has 2 aliphatic carbocycles. The van der Waals surface area contributed by atoms with E-state index in [4.69, 9.17) is 14.6 Å². The molecule has 0 spiro atoms. The summed E-state index contributed by atoms with van der Waals surface area (Å²) in [5.74, 6) is -0.370. The molecule has 8 heteroatoms. The first-order valence-electron chi connectivity index (χ1n) is 12.7. The number of aliphatic hydroxyl groups excluding tert-OH is 1. The van der Waals surface area contributed by atoms with Crippen molar-refractivity contribution in [3.63, 3.8) is 0 Å². The minimum atomic E-state index is -0.810. The number of benzene rings is 1.